The molecule has 4 rings (SSSR count). The lowest BCUT2D eigenvalue weighted by Gasteiger charge is -2.27. The van der Waals surface area contributed by atoms with Gasteiger partial charge in [0.15, 0.2) is 5.11 Å². The molecule has 0 amide bonds. The second-order valence-corrected chi connectivity index (χ2v) is 5.99. The standard InChI is InChI=1S/C18H15FN4S/c19-12-6-8-13(9-7-12)23-17(15-5-3-11-21-15)16(22-18(23)24)14-4-1-2-10-20-14/h1-11,16-17,21H,(H,22,24)/t16-,17-/m1/s1. The van der Waals surface area contributed by atoms with Gasteiger partial charge in [-0.1, -0.05) is 6.07 Å². The Morgan fingerprint density at radius 1 is 1.04 bits per heavy atom. The average Bonchev–Trinajstić information content (AvgIpc) is 3.24. The van der Waals surface area contributed by atoms with Gasteiger partial charge in [0.25, 0.3) is 0 Å². The van der Waals surface area contributed by atoms with Crippen molar-refractivity contribution >= 4 is 23.0 Å². The van der Waals surface area contributed by atoms with Gasteiger partial charge in [0.1, 0.15) is 11.9 Å². The molecule has 2 aromatic heterocycles. The van der Waals surface area contributed by atoms with E-state index in [4.69, 9.17) is 12.2 Å². The van der Waals surface area contributed by atoms with Gasteiger partial charge in [-0.2, -0.15) is 0 Å². The number of anilines is 1. The molecular formula is C18H15FN4S. The molecule has 1 aliphatic heterocycles. The highest BCUT2D eigenvalue weighted by Crippen LogP contribution is 2.40. The van der Waals surface area contributed by atoms with Crippen LogP contribution in [0.5, 0.6) is 0 Å². The smallest absolute Gasteiger partial charge is 0.174 e. The van der Waals surface area contributed by atoms with Crippen LogP contribution in [0.15, 0.2) is 67.0 Å². The minimum absolute atomic E-state index is 0.0899. The molecule has 0 radical (unpaired) electrons. The van der Waals surface area contributed by atoms with E-state index in [1.807, 2.05) is 41.4 Å². The number of H-pyrrole nitrogens is 1. The topological polar surface area (TPSA) is 44.0 Å². The molecule has 2 atom stereocenters. The highest BCUT2D eigenvalue weighted by molar-refractivity contribution is 7.80. The molecule has 1 aliphatic rings. The predicted molar refractivity (Wildman–Crippen MR) is 95.1 cm³/mol. The summed E-state index contributed by atoms with van der Waals surface area (Å²) in [5.74, 6) is -0.269. The Balaban J connectivity index is 1.80. The molecule has 1 saturated heterocycles. The number of nitrogens with one attached hydrogen (secondary N) is 2. The quantitative estimate of drug-likeness (QED) is 0.714. The first-order valence-electron chi connectivity index (χ1n) is 7.63. The van der Waals surface area contributed by atoms with E-state index in [-0.39, 0.29) is 17.9 Å². The molecule has 0 spiro atoms. The number of aromatic amines is 1. The Kier molecular flexibility index (Phi) is 3.74. The van der Waals surface area contributed by atoms with Crippen LogP contribution in [0.25, 0.3) is 0 Å². The van der Waals surface area contributed by atoms with Gasteiger partial charge in [-0.15, -0.1) is 0 Å². The van der Waals surface area contributed by atoms with E-state index in [0.29, 0.717) is 5.11 Å². The van der Waals surface area contributed by atoms with Crippen molar-refractivity contribution in [2.45, 2.75) is 12.1 Å². The number of hydrogen-bond acceptors (Lipinski definition) is 2. The van der Waals surface area contributed by atoms with Crippen molar-refractivity contribution in [2.24, 2.45) is 0 Å². The van der Waals surface area contributed by atoms with E-state index in [1.54, 1.807) is 18.3 Å². The highest BCUT2D eigenvalue weighted by atomic mass is 32.1. The summed E-state index contributed by atoms with van der Waals surface area (Å²) in [5.41, 5.74) is 2.76. The molecule has 1 aromatic carbocycles. The molecule has 3 aromatic rings. The number of pyridine rings is 1. The first-order valence-corrected chi connectivity index (χ1v) is 8.04. The number of thiocarbonyl (C=S) groups is 1. The maximum Gasteiger partial charge on any atom is 0.174 e. The van der Waals surface area contributed by atoms with E-state index in [9.17, 15) is 4.39 Å². The number of nitrogens with zero attached hydrogens (tertiary/aromatic N) is 2. The van der Waals surface area contributed by atoms with Gasteiger partial charge >= 0.3 is 0 Å². The van der Waals surface area contributed by atoms with E-state index in [2.05, 4.69) is 15.3 Å². The Bertz CT molecular complexity index is 833. The van der Waals surface area contributed by atoms with E-state index < -0.39 is 0 Å². The van der Waals surface area contributed by atoms with Crippen LogP contribution in [0, 0.1) is 5.82 Å². The van der Waals surface area contributed by atoms with Gasteiger partial charge in [0.05, 0.1) is 11.7 Å². The van der Waals surface area contributed by atoms with E-state index in [1.165, 1.54) is 12.1 Å². The Hall–Kier alpha value is -2.73. The maximum atomic E-state index is 13.3. The Morgan fingerprint density at radius 3 is 2.54 bits per heavy atom. The zero-order chi connectivity index (χ0) is 16.5. The van der Waals surface area contributed by atoms with Gasteiger partial charge in [-0.25, -0.2) is 4.39 Å². The summed E-state index contributed by atoms with van der Waals surface area (Å²) in [5, 5.41) is 3.95. The van der Waals surface area contributed by atoms with Crippen LogP contribution >= 0.6 is 12.2 Å². The normalized spacial score (nSPS) is 20.2. The monoisotopic (exact) mass is 338 g/mol. The van der Waals surface area contributed by atoms with Gasteiger partial charge in [-0.05, 0) is 60.7 Å². The summed E-state index contributed by atoms with van der Waals surface area (Å²) < 4.78 is 13.3. The van der Waals surface area contributed by atoms with Gasteiger partial charge in [-0.3, -0.25) is 4.98 Å². The van der Waals surface area contributed by atoms with Crippen LogP contribution in [0.2, 0.25) is 0 Å². The highest BCUT2D eigenvalue weighted by Gasteiger charge is 2.41. The summed E-state index contributed by atoms with van der Waals surface area (Å²) >= 11 is 5.56. The molecule has 4 nitrogen and oxygen atoms in total. The van der Waals surface area contributed by atoms with Crippen LogP contribution < -0.4 is 10.2 Å². The van der Waals surface area contributed by atoms with Crippen LogP contribution in [0.4, 0.5) is 10.1 Å². The van der Waals surface area contributed by atoms with Crippen LogP contribution in [0.1, 0.15) is 23.5 Å². The first-order chi connectivity index (χ1) is 11.7. The van der Waals surface area contributed by atoms with Crippen molar-refractivity contribution < 1.29 is 4.39 Å². The fourth-order valence-corrected chi connectivity index (χ4v) is 3.42. The number of halogens is 1. The molecule has 1 fully saturated rings. The molecule has 0 saturated carbocycles. The largest absolute Gasteiger partial charge is 0.363 e. The minimum atomic E-state index is -0.269. The molecule has 6 heteroatoms. The van der Waals surface area contributed by atoms with E-state index >= 15 is 0 Å². The van der Waals surface area contributed by atoms with Crippen molar-refractivity contribution in [2.75, 3.05) is 4.90 Å². The lowest BCUT2D eigenvalue weighted by molar-refractivity contribution is 0.558. The van der Waals surface area contributed by atoms with Crippen molar-refractivity contribution in [3.63, 3.8) is 0 Å². The average molecular weight is 338 g/mol. The number of aromatic nitrogens is 2. The number of benzene rings is 1. The fourth-order valence-electron chi connectivity index (χ4n) is 3.08. The van der Waals surface area contributed by atoms with Gasteiger partial charge < -0.3 is 15.2 Å². The third-order valence-electron chi connectivity index (χ3n) is 4.14. The SMILES string of the molecule is Fc1ccc(N2C(=S)N[C@H](c3ccccn3)[C@H]2c2ccc[nH]2)cc1. The Labute approximate surface area is 144 Å². The minimum Gasteiger partial charge on any atom is -0.363 e. The zero-order valence-corrected chi connectivity index (χ0v) is 13.5. The third-order valence-corrected chi connectivity index (χ3v) is 4.46. The summed E-state index contributed by atoms with van der Waals surface area (Å²) in [4.78, 5) is 9.74. The third kappa shape index (κ3) is 2.55. The molecule has 120 valence electrons. The van der Waals surface area contributed by atoms with Gasteiger partial charge in [0.2, 0.25) is 0 Å². The van der Waals surface area contributed by atoms with Crippen molar-refractivity contribution in [3.05, 3.63) is 84.2 Å². The zero-order valence-electron chi connectivity index (χ0n) is 12.7. The molecule has 0 aliphatic carbocycles. The first kappa shape index (κ1) is 14.8. The predicted octanol–water partition coefficient (Wildman–Crippen LogP) is 3.73. The molecule has 3 heterocycles. The molecule has 24 heavy (non-hydrogen) atoms. The molecule has 2 N–H and O–H groups in total. The molecular weight excluding hydrogens is 323 g/mol. The maximum absolute atomic E-state index is 13.3. The van der Waals surface area contributed by atoms with Crippen molar-refractivity contribution in [1.29, 1.82) is 0 Å². The van der Waals surface area contributed by atoms with Crippen LogP contribution in [-0.2, 0) is 0 Å². The second kappa shape index (κ2) is 6.05. The fraction of sp³-hybridized carbons (Fsp3) is 0.111. The number of rotatable bonds is 3. The summed E-state index contributed by atoms with van der Waals surface area (Å²) in [7, 11) is 0. The van der Waals surface area contributed by atoms with Gasteiger partial charge in [0, 0.05) is 23.8 Å². The molecule has 0 unspecified atom stereocenters. The van der Waals surface area contributed by atoms with Crippen LogP contribution in [0.3, 0.4) is 0 Å². The van der Waals surface area contributed by atoms with Crippen molar-refractivity contribution in [1.82, 2.24) is 15.3 Å². The Morgan fingerprint density at radius 2 is 1.88 bits per heavy atom. The summed E-state index contributed by atoms with van der Waals surface area (Å²) in [6.45, 7) is 0. The van der Waals surface area contributed by atoms with Crippen LogP contribution in [-0.4, -0.2) is 15.1 Å². The van der Waals surface area contributed by atoms with E-state index in [0.717, 1.165) is 17.1 Å². The number of hydrogen-bond donors (Lipinski definition) is 2. The summed E-state index contributed by atoms with van der Waals surface area (Å²) in [6.07, 6.45) is 3.65. The lowest BCUT2D eigenvalue weighted by atomic mass is 10.0. The molecule has 0 bridgehead atoms. The second-order valence-electron chi connectivity index (χ2n) is 5.60. The lowest BCUT2D eigenvalue weighted by Crippen LogP contribution is -2.29. The van der Waals surface area contributed by atoms with Crippen molar-refractivity contribution in [3.8, 4) is 0 Å². The summed E-state index contributed by atoms with van der Waals surface area (Å²) in [6, 6.07) is 16.0.